The van der Waals surface area contributed by atoms with Gasteiger partial charge in [-0.15, -0.1) is 0 Å². The molecular weight excluding hydrogens is 206 g/mol. The van der Waals surface area contributed by atoms with Gasteiger partial charge in [-0.1, -0.05) is 0 Å². The first-order chi connectivity index (χ1) is 7.84. The standard InChI is InChI=1S/C10H7N5O/c16-10-13-5-7-1-2-9(15(7)14-10)8-6-11-3-4-12-8/h1-6H,(H,14,16). The fourth-order valence-electron chi connectivity index (χ4n) is 1.56. The highest BCUT2D eigenvalue weighted by molar-refractivity contribution is 5.62. The number of fused-ring (bicyclic) bond motifs is 1. The molecule has 1 N–H and O–H groups in total. The Kier molecular flexibility index (Phi) is 1.79. The second-order valence-electron chi connectivity index (χ2n) is 3.24. The Hall–Kier alpha value is -2.50. The molecule has 78 valence electrons. The minimum absolute atomic E-state index is 0.395. The number of aromatic amines is 1. The molecule has 6 nitrogen and oxygen atoms in total. The van der Waals surface area contributed by atoms with Crippen molar-refractivity contribution in [1.82, 2.24) is 24.6 Å². The van der Waals surface area contributed by atoms with Crippen LogP contribution in [0.3, 0.4) is 0 Å². The Morgan fingerprint density at radius 3 is 2.88 bits per heavy atom. The topological polar surface area (TPSA) is 75.9 Å². The summed E-state index contributed by atoms with van der Waals surface area (Å²) in [4.78, 5) is 22.9. The zero-order valence-corrected chi connectivity index (χ0v) is 8.16. The lowest BCUT2D eigenvalue weighted by molar-refractivity contribution is 0.862. The van der Waals surface area contributed by atoms with Crippen molar-refractivity contribution < 1.29 is 0 Å². The molecule has 0 unspecified atom stereocenters. The van der Waals surface area contributed by atoms with E-state index in [1.54, 1.807) is 23.1 Å². The predicted octanol–water partition coefficient (Wildman–Crippen LogP) is 0.480. The summed E-state index contributed by atoms with van der Waals surface area (Å²) in [5, 5.41) is 2.62. The molecule has 3 heterocycles. The lowest BCUT2D eigenvalue weighted by Crippen LogP contribution is -2.14. The number of hydrogen-bond donors (Lipinski definition) is 1. The molecule has 6 heteroatoms. The van der Waals surface area contributed by atoms with Crippen LogP contribution in [0.5, 0.6) is 0 Å². The normalized spacial score (nSPS) is 10.8. The van der Waals surface area contributed by atoms with E-state index in [4.69, 9.17) is 0 Å². The van der Waals surface area contributed by atoms with Crippen molar-refractivity contribution in [2.45, 2.75) is 0 Å². The van der Waals surface area contributed by atoms with Crippen LogP contribution in [-0.4, -0.2) is 24.6 Å². The number of aromatic nitrogens is 5. The van der Waals surface area contributed by atoms with Gasteiger partial charge < -0.3 is 0 Å². The number of rotatable bonds is 1. The van der Waals surface area contributed by atoms with Crippen LogP contribution in [0, 0.1) is 0 Å². The van der Waals surface area contributed by atoms with Crippen molar-refractivity contribution in [2.24, 2.45) is 0 Å². The maximum atomic E-state index is 11.1. The molecule has 0 amide bonds. The van der Waals surface area contributed by atoms with Crippen molar-refractivity contribution in [1.29, 1.82) is 0 Å². The molecule has 3 aromatic rings. The lowest BCUT2D eigenvalue weighted by Gasteiger charge is -2.00. The quantitative estimate of drug-likeness (QED) is 0.637. The van der Waals surface area contributed by atoms with Crippen LogP contribution in [0.4, 0.5) is 0 Å². The van der Waals surface area contributed by atoms with Crippen LogP contribution in [0.15, 0.2) is 41.7 Å². The average molecular weight is 213 g/mol. The van der Waals surface area contributed by atoms with Gasteiger partial charge in [-0.25, -0.2) is 14.4 Å². The summed E-state index contributed by atoms with van der Waals surface area (Å²) in [5.41, 5.74) is 1.89. The molecule has 0 saturated carbocycles. The molecule has 0 aliphatic carbocycles. The van der Waals surface area contributed by atoms with Crippen LogP contribution in [-0.2, 0) is 0 Å². The Labute approximate surface area is 89.6 Å². The predicted molar refractivity (Wildman–Crippen MR) is 56.8 cm³/mol. The second-order valence-corrected chi connectivity index (χ2v) is 3.24. The number of nitrogens with zero attached hydrogens (tertiary/aromatic N) is 4. The van der Waals surface area contributed by atoms with E-state index in [0.29, 0.717) is 5.69 Å². The van der Waals surface area contributed by atoms with Gasteiger partial charge in [0.15, 0.2) is 0 Å². The molecule has 3 aromatic heterocycles. The molecule has 16 heavy (non-hydrogen) atoms. The molecule has 0 radical (unpaired) electrons. The van der Waals surface area contributed by atoms with Gasteiger partial charge in [-0.3, -0.25) is 9.97 Å². The number of hydrogen-bond acceptors (Lipinski definition) is 4. The van der Waals surface area contributed by atoms with Crippen LogP contribution in [0.2, 0.25) is 0 Å². The van der Waals surface area contributed by atoms with Gasteiger partial charge in [-0.2, -0.15) is 4.98 Å². The monoisotopic (exact) mass is 213 g/mol. The lowest BCUT2D eigenvalue weighted by atomic mass is 10.3. The van der Waals surface area contributed by atoms with E-state index in [0.717, 1.165) is 11.2 Å². The Morgan fingerprint density at radius 1 is 1.12 bits per heavy atom. The van der Waals surface area contributed by atoms with Gasteiger partial charge in [0.1, 0.15) is 5.69 Å². The zero-order chi connectivity index (χ0) is 11.0. The first kappa shape index (κ1) is 8.78. The van der Waals surface area contributed by atoms with Crippen LogP contribution in [0.25, 0.3) is 16.9 Å². The molecule has 0 aromatic carbocycles. The Bertz CT molecular complexity index is 685. The number of nitrogens with one attached hydrogen (secondary N) is 1. The van der Waals surface area contributed by atoms with Gasteiger partial charge in [-0.05, 0) is 12.1 Å². The summed E-state index contributed by atoms with van der Waals surface area (Å²) in [6.45, 7) is 0. The van der Waals surface area contributed by atoms with E-state index in [2.05, 4.69) is 20.1 Å². The summed E-state index contributed by atoms with van der Waals surface area (Å²) < 4.78 is 1.64. The molecule has 3 rings (SSSR count). The number of H-pyrrole nitrogens is 1. The molecule has 0 aliphatic rings. The van der Waals surface area contributed by atoms with E-state index in [-0.39, 0.29) is 0 Å². The Morgan fingerprint density at radius 2 is 2.06 bits per heavy atom. The summed E-state index contributed by atoms with van der Waals surface area (Å²) >= 11 is 0. The van der Waals surface area contributed by atoms with Crippen molar-refractivity contribution >= 4 is 5.52 Å². The first-order valence-electron chi connectivity index (χ1n) is 4.68. The average Bonchev–Trinajstić information content (AvgIpc) is 2.73. The van der Waals surface area contributed by atoms with Crippen molar-refractivity contribution in [3.63, 3.8) is 0 Å². The van der Waals surface area contributed by atoms with Crippen molar-refractivity contribution in [3.8, 4) is 11.4 Å². The van der Waals surface area contributed by atoms with Gasteiger partial charge >= 0.3 is 5.69 Å². The maximum absolute atomic E-state index is 11.1. The third kappa shape index (κ3) is 1.28. The molecule has 0 aliphatic heterocycles. The highest BCUT2D eigenvalue weighted by atomic mass is 16.1. The fourth-order valence-corrected chi connectivity index (χ4v) is 1.56. The first-order valence-corrected chi connectivity index (χ1v) is 4.68. The fraction of sp³-hybridized carbons (Fsp3) is 0. The van der Waals surface area contributed by atoms with Crippen molar-refractivity contribution in [2.75, 3.05) is 0 Å². The van der Waals surface area contributed by atoms with Gasteiger partial charge in [0, 0.05) is 12.4 Å². The van der Waals surface area contributed by atoms with Crippen molar-refractivity contribution in [3.05, 3.63) is 47.4 Å². The van der Waals surface area contributed by atoms with Gasteiger partial charge in [0.25, 0.3) is 0 Å². The smallest absolute Gasteiger partial charge is 0.261 e. The Balaban J connectivity index is 2.33. The summed E-state index contributed by atoms with van der Waals surface area (Å²) in [6, 6.07) is 3.71. The third-order valence-corrected chi connectivity index (χ3v) is 2.26. The zero-order valence-electron chi connectivity index (χ0n) is 8.16. The largest absolute Gasteiger partial charge is 0.360 e. The van der Waals surface area contributed by atoms with E-state index < -0.39 is 5.69 Å². The molecule has 0 atom stereocenters. The summed E-state index contributed by atoms with van der Waals surface area (Å²) in [5.74, 6) is 0. The second kappa shape index (κ2) is 3.27. The van der Waals surface area contributed by atoms with E-state index in [1.807, 2.05) is 12.1 Å². The third-order valence-electron chi connectivity index (χ3n) is 2.26. The molecule has 0 saturated heterocycles. The van der Waals surface area contributed by atoms with Gasteiger partial charge in [0.05, 0.1) is 23.6 Å². The van der Waals surface area contributed by atoms with E-state index in [1.165, 1.54) is 6.20 Å². The van der Waals surface area contributed by atoms with E-state index in [9.17, 15) is 4.79 Å². The van der Waals surface area contributed by atoms with Gasteiger partial charge in [0.2, 0.25) is 0 Å². The molecule has 0 fully saturated rings. The van der Waals surface area contributed by atoms with E-state index >= 15 is 0 Å². The summed E-state index contributed by atoms with van der Waals surface area (Å²) in [7, 11) is 0. The highest BCUT2D eigenvalue weighted by Crippen LogP contribution is 2.16. The molecule has 0 spiro atoms. The van der Waals surface area contributed by atoms with Crippen LogP contribution in [0.1, 0.15) is 0 Å². The molecule has 0 bridgehead atoms. The maximum Gasteiger partial charge on any atom is 0.360 e. The SMILES string of the molecule is O=c1ncc2ccc(-c3cnccn3)n2[nH]1. The highest BCUT2D eigenvalue weighted by Gasteiger charge is 2.05. The minimum Gasteiger partial charge on any atom is -0.261 e. The summed E-state index contributed by atoms with van der Waals surface area (Å²) in [6.07, 6.45) is 6.36. The van der Waals surface area contributed by atoms with Crippen LogP contribution >= 0.6 is 0 Å². The molecular formula is C10H7N5O. The minimum atomic E-state index is -0.395. The van der Waals surface area contributed by atoms with Crippen LogP contribution < -0.4 is 5.69 Å².